The molecule has 2 atom stereocenters. The number of hydrogen-bond donors (Lipinski definition) is 1. The lowest BCUT2D eigenvalue weighted by Gasteiger charge is -2.24. The molecule has 2 unspecified atom stereocenters. The van der Waals surface area contributed by atoms with Crippen molar-refractivity contribution < 1.29 is 0 Å². The first-order chi connectivity index (χ1) is 7.63. The van der Waals surface area contributed by atoms with Gasteiger partial charge < -0.3 is 5.32 Å². The van der Waals surface area contributed by atoms with Crippen molar-refractivity contribution in [3.8, 4) is 0 Å². The van der Waals surface area contributed by atoms with Crippen LogP contribution in [0.5, 0.6) is 0 Å². The highest BCUT2D eigenvalue weighted by molar-refractivity contribution is 6.31. The highest BCUT2D eigenvalue weighted by atomic mass is 35.5. The van der Waals surface area contributed by atoms with Gasteiger partial charge in [0.2, 0.25) is 0 Å². The topological polar surface area (TPSA) is 12.0 Å². The first-order valence-electron chi connectivity index (χ1n) is 6.04. The summed E-state index contributed by atoms with van der Waals surface area (Å²) in [5, 5.41) is 4.30. The van der Waals surface area contributed by atoms with E-state index < -0.39 is 0 Å². The maximum atomic E-state index is 6.22. The van der Waals surface area contributed by atoms with Gasteiger partial charge in [-0.1, -0.05) is 36.7 Å². The van der Waals surface area contributed by atoms with E-state index >= 15 is 0 Å². The van der Waals surface area contributed by atoms with Gasteiger partial charge >= 0.3 is 0 Å². The zero-order valence-corrected chi connectivity index (χ0v) is 10.8. The van der Waals surface area contributed by atoms with E-state index in [4.69, 9.17) is 11.6 Å². The Labute approximate surface area is 103 Å². The molecule has 0 heterocycles. The highest BCUT2D eigenvalue weighted by Gasteiger charge is 2.34. The molecular formula is C14H20ClN. The van der Waals surface area contributed by atoms with Crippen LogP contribution in [0.1, 0.15) is 31.7 Å². The second kappa shape index (κ2) is 4.77. The van der Waals surface area contributed by atoms with Crippen LogP contribution >= 0.6 is 11.6 Å². The van der Waals surface area contributed by atoms with Crippen molar-refractivity contribution in [2.24, 2.45) is 5.41 Å². The fraction of sp³-hybridized carbons (Fsp3) is 0.571. The Kier molecular flexibility index (Phi) is 3.56. The average Bonchev–Trinajstić information content (AvgIpc) is 2.64. The quantitative estimate of drug-likeness (QED) is 0.846. The summed E-state index contributed by atoms with van der Waals surface area (Å²) in [7, 11) is 2.06. The van der Waals surface area contributed by atoms with E-state index in [1.165, 1.54) is 24.8 Å². The molecule has 0 amide bonds. The molecule has 0 radical (unpaired) electrons. The van der Waals surface area contributed by atoms with Crippen molar-refractivity contribution in [3.63, 3.8) is 0 Å². The number of rotatable bonds is 3. The molecule has 16 heavy (non-hydrogen) atoms. The summed E-state index contributed by atoms with van der Waals surface area (Å²) in [5.41, 5.74) is 1.71. The van der Waals surface area contributed by atoms with E-state index in [1.807, 2.05) is 12.1 Å². The molecule has 1 saturated carbocycles. The standard InChI is InChI=1S/C14H20ClN/c1-14(8-7-12(10-14)16-2)9-11-5-3-4-6-13(11)15/h3-6,12,16H,7-10H2,1-2H3. The lowest BCUT2D eigenvalue weighted by Crippen LogP contribution is -2.24. The SMILES string of the molecule is CNC1CCC(C)(Cc2ccccc2Cl)C1. The number of nitrogens with one attached hydrogen (secondary N) is 1. The summed E-state index contributed by atoms with van der Waals surface area (Å²) in [5.74, 6) is 0. The van der Waals surface area contributed by atoms with Crippen molar-refractivity contribution in [1.82, 2.24) is 5.32 Å². The van der Waals surface area contributed by atoms with Crippen molar-refractivity contribution >= 4 is 11.6 Å². The molecule has 1 aromatic rings. The Morgan fingerprint density at radius 1 is 1.44 bits per heavy atom. The Hall–Kier alpha value is -0.530. The Balaban J connectivity index is 2.08. The third-order valence-electron chi connectivity index (χ3n) is 3.82. The third kappa shape index (κ3) is 2.58. The van der Waals surface area contributed by atoms with Crippen molar-refractivity contribution in [1.29, 1.82) is 0 Å². The molecule has 1 fully saturated rings. The van der Waals surface area contributed by atoms with Crippen LogP contribution in [0.2, 0.25) is 5.02 Å². The summed E-state index contributed by atoms with van der Waals surface area (Å²) in [6.45, 7) is 2.38. The second-order valence-corrected chi connectivity index (χ2v) is 5.71. The van der Waals surface area contributed by atoms with Crippen LogP contribution in [0.4, 0.5) is 0 Å². The van der Waals surface area contributed by atoms with Crippen LogP contribution in [0.15, 0.2) is 24.3 Å². The molecule has 0 aliphatic heterocycles. The van der Waals surface area contributed by atoms with E-state index in [0.29, 0.717) is 11.5 Å². The van der Waals surface area contributed by atoms with E-state index in [0.717, 1.165) is 11.4 Å². The van der Waals surface area contributed by atoms with Crippen molar-refractivity contribution in [3.05, 3.63) is 34.9 Å². The van der Waals surface area contributed by atoms with Gasteiger partial charge in [-0.25, -0.2) is 0 Å². The fourth-order valence-corrected chi connectivity index (χ4v) is 3.03. The maximum absolute atomic E-state index is 6.22. The lowest BCUT2D eigenvalue weighted by atomic mass is 9.82. The molecule has 0 saturated heterocycles. The van der Waals surface area contributed by atoms with E-state index in [9.17, 15) is 0 Å². The summed E-state index contributed by atoms with van der Waals surface area (Å²) >= 11 is 6.22. The Morgan fingerprint density at radius 3 is 2.81 bits per heavy atom. The van der Waals surface area contributed by atoms with Gasteiger partial charge in [0.15, 0.2) is 0 Å². The van der Waals surface area contributed by atoms with Gasteiger partial charge in [0.05, 0.1) is 0 Å². The summed E-state index contributed by atoms with van der Waals surface area (Å²) in [4.78, 5) is 0. The van der Waals surface area contributed by atoms with E-state index in [2.05, 4.69) is 31.4 Å². The average molecular weight is 238 g/mol. The van der Waals surface area contributed by atoms with Crippen LogP contribution < -0.4 is 5.32 Å². The van der Waals surface area contributed by atoms with E-state index in [1.54, 1.807) is 0 Å². The van der Waals surface area contributed by atoms with Gasteiger partial charge in [0.1, 0.15) is 0 Å². The minimum Gasteiger partial charge on any atom is -0.317 e. The molecule has 1 aliphatic carbocycles. The number of halogens is 1. The molecule has 1 N–H and O–H groups in total. The van der Waals surface area contributed by atoms with Gasteiger partial charge in [-0.05, 0) is 49.8 Å². The molecular weight excluding hydrogens is 218 g/mol. The van der Waals surface area contributed by atoms with Crippen LogP contribution in [0.25, 0.3) is 0 Å². The molecule has 1 aromatic carbocycles. The van der Waals surface area contributed by atoms with Crippen LogP contribution in [0, 0.1) is 5.41 Å². The molecule has 1 aliphatic rings. The van der Waals surface area contributed by atoms with Gasteiger partial charge in [0, 0.05) is 11.1 Å². The molecule has 88 valence electrons. The molecule has 0 aromatic heterocycles. The van der Waals surface area contributed by atoms with Crippen LogP contribution in [-0.2, 0) is 6.42 Å². The zero-order chi connectivity index (χ0) is 11.6. The molecule has 0 bridgehead atoms. The minimum atomic E-state index is 0.415. The Morgan fingerprint density at radius 2 is 2.19 bits per heavy atom. The number of hydrogen-bond acceptors (Lipinski definition) is 1. The fourth-order valence-electron chi connectivity index (χ4n) is 2.83. The van der Waals surface area contributed by atoms with Crippen LogP contribution in [0.3, 0.4) is 0 Å². The first-order valence-corrected chi connectivity index (χ1v) is 6.41. The maximum Gasteiger partial charge on any atom is 0.0438 e. The zero-order valence-electron chi connectivity index (χ0n) is 10.1. The summed E-state index contributed by atoms with van der Waals surface area (Å²) in [6.07, 6.45) is 4.95. The van der Waals surface area contributed by atoms with Gasteiger partial charge in [-0.2, -0.15) is 0 Å². The summed E-state index contributed by atoms with van der Waals surface area (Å²) in [6, 6.07) is 8.91. The predicted octanol–water partition coefficient (Wildman–Crippen LogP) is 3.66. The third-order valence-corrected chi connectivity index (χ3v) is 4.19. The molecule has 1 nitrogen and oxygen atoms in total. The van der Waals surface area contributed by atoms with Gasteiger partial charge in [-0.15, -0.1) is 0 Å². The van der Waals surface area contributed by atoms with Crippen molar-refractivity contribution in [2.75, 3.05) is 7.05 Å². The van der Waals surface area contributed by atoms with Gasteiger partial charge in [-0.3, -0.25) is 0 Å². The summed E-state index contributed by atoms with van der Waals surface area (Å²) < 4.78 is 0. The first kappa shape index (κ1) is 11.9. The molecule has 2 heteroatoms. The molecule has 0 spiro atoms. The largest absolute Gasteiger partial charge is 0.317 e. The predicted molar refractivity (Wildman–Crippen MR) is 70.0 cm³/mol. The minimum absolute atomic E-state index is 0.415. The lowest BCUT2D eigenvalue weighted by molar-refractivity contribution is 0.324. The van der Waals surface area contributed by atoms with E-state index in [-0.39, 0.29) is 0 Å². The van der Waals surface area contributed by atoms with Crippen molar-refractivity contribution in [2.45, 2.75) is 38.6 Å². The number of benzene rings is 1. The second-order valence-electron chi connectivity index (χ2n) is 5.31. The monoisotopic (exact) mass is 237 g/mol. The molecule has 2 rings (SSSR count). The van der Waals surface area contributed by atoms with Gasteiger partial charge in [0.25, 0.3) is 0 Å². The Bertz CT molecular complexity index is 364. The highest BCUT2D eigenvalue weighted by Crippen LogP contribution is 2.41. The van der Waals surface area contributed by atoms with Crippen LogP contribution in [-0.4, -0.2) is 13.1 Å². The normalized spacial score (nSPS) is 29.6. The smallest absolute Gasteiger partial charge is 0.0438 e.